The van der Waals surface area contributed by atoms with E-state index in [4.69, 9.17) is 0 Å². The van der Waals surface area contributed by atoms with E-state index in [1.165, 1.54) is 17.5 Å². The Balaban J connectivity index is 1.89. The summed E-state index contributed by atoms with van der Waals surface area (Å²) in [5.74, 6) is -0.228. The minimum absolute atomic E-state index is 0.228. The van der Waals surface area contributed by atoms with Gasteiger partial charge in [0.2, 0.25) is 0 Å². The van der Waals surface area contributed by atoms with Crippen molar-refractivity contribution < 1.29 is 4.39 Å². The van der Waals surface area contributed by atoms with Gasteiger partial charge in [0, 0.05) is 30.0 Å². The van der Waals surface area contributed by atoms with Crippen LogP contribution < -0.4 is 5.32 Å². The van der Waals surface area contributed by atoms with Crippen LogP contribution in [0.15, 0.2) is 54.9 Å². The molecule has 0 aliphatic heterocycles. The van der Waals surface area contributed by atoms with Crippen LogP contribution in [0.2, 0.25) is 0 Å². The largest absolute Gasteiger partial charge is 0.381 e. The summed E-state index contributed by atoms with van der Waals surface area (Å²) in [4.78, 5) is 4.25. The Kier molecular flexibility index (Phi) is 3.33. The lowest BCUT2D eigenvalue weighted by Gasteiger charge is -2.11. The number of halogens is 1. The van der Waals surface area contributed by atoms with E-state index in [0.29, 0.717) is 6.54 Å². The Bertz CT molecular complexity index is 748. The summed E-state index contributed by atoms with van der Waals surface area (Å²) in [6.07, 6.45) is 3.70. The van der Waals surface area contributed by atoms with Crippen LogP contribution in [0.5, 0.6) is 0 Å². The average Bonchev–Trinajstić information content (AvgIpc) is 2.48. The molecule has 1 heterocycles. The van der Waals surface area contributed by atoms with Gasteiger partial charge in [-0.3, -0.25) is 4.98 Å². The molecule has 2 aromatic carbocycles. The molecule has 0 bridgehead atoms. The summed E-state index contributed by atoms with van der Waals surface area (Å²) < 4.78 is 13.3. The van der Waals surface area contributed by atoms with Crippen LogP contribution >= 0.6 is 0 Å². The van der Waals surface area contributed by atoms with Gasteiger partial charge in [-0.2, -0.15) is 0 Å². The molecule has 1 N–H and O–H groups in total. The van der Waals surface area contributed by atoms with Gasteiger partial charge in [0.15, 0.2) is 0 Å². The van der Waals surface area contributed by atoms with Crippen molar-refractivity contribution in [1.29, 1.82) is 0 Å². The second-order valence-corrected chi connectivity index (χ2v) is 4.83. The first-order valence-corrected chi connectivity index (χ1v) is 6.56. The predicted molar refractivity (Wildman–Crippen MR) is 80.2 cm³/mol. The van der Waals surface area contributed by atoms with E-state index in [-0.39, 0.29) is 5.82 Å². The number of anilines is 1. The van der Waals surface area contributed by atoms with E-state index in [1.807, 2.05) is 37.5 Å². The van der Waals surface area contributed by atoms with Crippen molar-refractivity contribution in [3.63, 3.8) is 0 Å². The van der Waals surface area contributed by atoms with Gasteiger partial charge in [-0.15, -0.1) is 0 Å². The number of hydrogen-bond acceptors (Lipinski definition) is 2. The number of aryl methyl sites for hydroxylation is 1. The number of pyridine rings is 1. The first-order chi connectivity index (χ1) is 9.74. The van der Waals surface area contributed by atoms with Crippen molar-refractivity contribution in [2.24, 2.45) is 0 Å². The van der Waals surface area contributed by atoms with Crippen molar-refractivity contribution in [2.75, 3.05) is 5.32 Å². The van der Waals surface area contributed by atoms with Gasteiger partial charge >= 0.3 is 0 Å². The highest BCUT2D eigenvalue weighted by Gasteiger charge is 2.03. The molecule has 0 saturated heterocycles. The Labute approximate surface area is 117 Å². The van der Waals surface area contributed by atoms with Crippen molar-refractivity contribution in [1.82, 2.24) is 4.98 Å². The Hall–Kier alpha value is -2.42. The summed E-state index contributed by atoms with van der Waals surface area (Å²) in [5, 5.41) is 5.57. The highest BCUT2D eigenvalue weighted by Crippen LogP contribution is 2.20. The smallest absolute Gasteiger partial charge is 0.125 e. The van der Waals surface area contributed by atoms with Gasteiger partial charge in [-0.05, 0) is 35.6 Å². The van der Waals surface area contributed by atoms with Gasteiger partial charge < -0.3 is 5.32 Å². The Morgan fingerprint density at radius 3 is 2.85 bits per heavy atom. The molecule has 0 saturated carbocycles. The van der Waals surface area contributed by atoms with Crippen molar-refractivity contribution in [3.05, 3.63) is 71.8 Å². The number of fused-ring (bicyclic) bond motifs is 1. The van der Waals surface area contributed by atoms with E-state index in [1.54, 1.807) is 6.07 Å². The van der Waals surface area contributed by atoms with Crippen molar-refractivity contribution in [3.8, 4) is 0 Å². The molecule has 0 radical (unpaired) electrons. The molecule has 3 heteroatoms. The molecule has 0 aliphatic rings. The van der Waals surface area contributed by atoms with E-state index in [2.05, 4.69) is 16.4 Å². The standard InChI is InChI=1S/C17H15FN2/c1-12-6-7-15(18)8-17(12)20-11-14-10-19-9-13-4-2-3-5-16(13)14/h2-10,20H,11H2,1H3. The van der Waals surface area contributed by atoms with Crippen LogP contribution in [0.4, 0.5) is 10.1 Å². The van der Waals surface area contributed by atoms with E-state index < -0.39 is 0 Å². The number of rotatable bonds is 3. The number of nitrogens with one attached hydrogen (secondary N) is 1. The molecule has 0 spiro atoms. The van der Waals surface area contributed by atoms with E-state index in [9.17, 15) is 4.39 Å². The fourth-order valence-electron chi connectivity index (χ4n) is 2.30. The maximum atomic E-state index is 13.3. The minimum atomic E-state index is -0.228. The number of benzene rings is 2. The second kappa shape index (κ2) is 5.29. The maximum Gasteiger partial charge on any atom is 0.125 e. The van der Waals surface area contributed by atoms with Crippen LogP contribution in [0.1, 0.15) is 11.1 Å². The van der Waals surface area contributed by atoms with Crippen molar-refractivity contribution in [2.45, 2.75) is 13.5 Å². The summed E-state index contributed by atoms with van der Waals surface area (Å²) in [6, 6.07) is 12.9. The summed E-state index contributed by atoms with van der Waals surface area (Å²) in [5.41, 5.74) is 2.95. The number of aromatic nitrogens is 1. The number of nitrogens with zero attached hydrogens (tertiary/aromatic N) is 1. The summed E-state index contributed by atoms with van der Waals surface area (Å²) >= 11 is 0. The first kappa shape index (κ1) is 12.6. The predicted octanol–water partition coefficient (Wildman–Crippen LogP) is 4.29. The zero-order valence-corrected chi connectivity index (χ0v) is 11.2. The zero-order chi connectivity index (χ0) is 13.9. The van der Waals surface area contributed by atoms with Crippen LogP contribution in [0.25, 0.3) is 10.8 Å². The minimum Gasteiger partial charge on any atom is -0.381 e. The topological polar surface area (TPSA) is 24.9 Å². The third-order valence-corrected chi connectivity index (χ3v) is 3.42. The van der Waals surface area contributed by atoms with Gasteiger partial charge in [0.25, 0.3) is 0 Å². The van der Waals surface area contributed by atoms with Crippen LogP contribution in [-0.2, 0) is 6.54 Å². The molecule has 3 aromatic rings. The lowest BCUT2D eigenvalue weighted by molar-refractivity contribution is 0.628. The molecule has 20 heavy (non-hydrogen) atoms. The molecular formula is C17H15FN2. The second-order valence-electron chi connectivity index (χ2n) is 4.83. The number of hydrogen-bond donors (Lipinski definition) is 1. The molecule has 2 nitrogen and oxygen atoms in total. The quantitative estimate of drug-likeness (QED) is 0.764. The Morgan fingerprint density at radius 2 is 1.95 bits per heavy atom. The lowest BCUT2D eigenvalue weighted by atomic mass is 10.1. The van der Waals surface area contributed by atoms with Crippen LogP contribution in [-0.4, -0.2) is 4.98 Å². The zero-order valence-electron chi connectivity index (χ0n) is 11.2. The van der Waals surface area contributed by atoms with Crippen molar-refractivity contribution >= 4 is 16.5 Å². The third-order valence-electron chi connectivity index (χ3n) is 3.42. The molecule has 0 aliphatic carbocycles. The molecule has 1 aromatic heterocycles. The van der Waals surface area contributed by atoms with Gasteiger partial charge in [0.05, 0.1) is 0 Å². The van der Waals surface area contributed by atoms with Crippen LogP contribution in [0.3, 0.4) is 0 Å². The van der Waals surface area contributed by atoms with Gasteiger partial charge in [-0.25, -0.2) is 4.39 Å². The highest BCUT2D eigenvalue weighted by molar-refractivity contribution is 5.84. The monoisotopic (exact) mass is 266 g/mol. The summed E-state index contributed by atoms with van der Waals surface area (Å²) in [7, 11) is 0. The molecular weight excluding hydrogens is 251 g/mol. The fraction of sp³-hybridized carbons (Fsp3) is 0.118. The SMILES string of the molecule is Cc1ccc(F)cc1NCc1cncc2ccccc12. The molecule has 0 unspecified atom stereocenters. The molecule has 0 amide bonds. The van der Waals surface area contributed by atoms with Crippen LogP contribution in [0, 0.1) is 12.7 Å². The normalized spacial score (nSPS) is 10.7. The lowest BCUT2D eigenvalue weighted by Crippen LogP contribution is -2.02. The highest BCUT2D eigenvalue weighted by atomic mass is 19.1. The fourth-order valence-corrected chi connectivity index (χ4v) is 2.30. The third kappa shape index (κ3) is 2.48. The van der Waals surface area contributed by atoms with E-state index >= 15 is 0 Å². The summed E-state index contributed by atoms with van der Waals surface area (Å²) in [6.45, 7) is 2.59. The molecule has 3 rings (SSSR count). The molecule has 0 fully saturated rings. The Morgan fingerprint density at radius 1 is 1.10 bits per heavy atom. The first-order valence-electron chi connectivity index (χ1n) is 6.56. The average molecular weight is 266 g/mol. The molecule has 0 atom stereocenters. The van der Waals surface area contributed by atoms with Gasteiger partial charge in [0.1, 0.15) is 5.82 Å². The molecule has 100 valence electrons. The van der Waals surface area contributed by atoms with Gasteiger partial charge in [-0.1, -0.05) is 30.3 Å². The maximum absolute atomic E-state index is 13.3. The van der Waals surface area contributed by atoms with E-state index in [0.717, 1.165) is 22.2 Å².